The summed E-state index contributed by atoms with van der Waals surface area (Å²) in [4.78, 5) is 143. The van der Waals surface area contributed by atoms with E-state index in [2.05, 4.69) is 110 Å². The molecule has 9 aromatic rings. The Balaban J connectivity index is -0.000000381. The predicted molar refractivity (Wildman–Crippen MR) is 502 cm³/mol. The number of non-ortho nitro benzene ring substituents is 2. The Morgan fingerprint density at radius 1 is 0.520 bits per heavy atom. The number of aromatic amines is 2. The monoisotopic (exact) mass is 2540 g/mol. The minimum atomic E-state index is -4.89. The number of rotatable bonds is 11. The number of nitrogens with one attached hydrogen (secondary N) is 6. The number of nitrogens with two attached hydrogens (primary N) is 2. The summed E-state index contributed by atoms with van der Waals surface area (Å²) in [6, 6.07) is 21.7. The molecule has 69 heteroatoms. The number of aromatic nitrogens is 5. The quantitative estimate of drug-likeness (QED) is 0.00840. The Kier molecular flexibility index (Phi) is 65.9. The summed E-state index contributed by atoms with van der Waals surface area (Å²) < 4.78 is 248. The molecule has 0 spiro atoms. The molecular weight excluding hydrogens is 2470 g/mol. The van der Waals surface area contributed by atoms with Crippen LogP contribution in [0.25, 0.3) is 0 Å². The van der Waals surface area contributed by atoms with Crippen molar-refractivity contribution in [3.63, 3.8) is 0 Å². The van der Waals surface area contributed by atoms with Gasteiger partial charge in [-0.05, 0) is 108 Å². The molecule has 0 aliphatic heterocycles. The fraction of sp³-hybridized carbons (Fsp3) is 0.259. The molecule has 2 aliphatic rings. The van der Waals surface area contributed by atoms with Crippen molar-refractivity contribution in [1.82, 2.24) is 40.9 Å². The maximum atomic E-state index is 13.7. The molecule has 0 atom stereocenters. The van der Waals surface area contributed by atoms with E-state index in [-0.39, 0.29) is 74.3 Å². The van der Waals surface area contributed by atoms with Gasteiger partial charge in [0.05, 0.1) is 115 Å². The van der Waals surface area contributed by atoms with E-state index in [4.69, 9.17) is 60.7 Å². The zero-order chi connectivity index (χ0) is 117. The van der Waals surface area contributed by atoms with E-state index in [0.717, 1.165) is 107 Å². The molecule has 0 radical (unpaired) electrons. The number of amides is 3. The smallest absolute Gasteiger partial charge is 0.512 e. The van der Waals surface area contributed by atoms with Gasteiger partial charge in [0.25, 0.3) is 63.2 Å². The average Bonchev–Trinajstić information content (AvgIpc) is 0.800. The first-order chi connectivity index (χ1) is 68.4. The molecule has 2 fully saturated rings. The Hall–Kier alpha value is -14.7. The van der Waals surface area contributed by atoms with E-state index in [9.17, 15) is 172 Å². The molecule has 3 amide bonds. The van der Waals surface area contributed by atoms with E-state index < -0.39 is 216 Å². The number of nitro benzene ring substituents is 2. The molecule has 2 saturated carbocycles. The molecule has 5 heterocycles. The van der Waals surface area contributed by atoms with Gasteiger partial charge in [-0.25, -0.2) is 42.6 Å². The molecule has 0 bridgehead atoms. The number of anilines is 3. The molecule has 12 N–H and O–H groups in total. The van der Waals surface area contributed by atoms with Crippen molar-refractivity contribution in [2.45, 2.75) is 102 Å². The fourth-order valence-corrected chi connectivity index (χ4v) is 9.14. The van der Waals surface area contributed by atoms with Crippen molar-refractivity contribution in [2.75, 3.05) is 51.7 Å². The average molecular weight is 2540 g/mol. The predicted octanol–water partition coefficient (Wildman–Crippen LogP) is 20.7. The minimum absolute atomic E-state index is 0. The van der Waals surface area contributed by atoms with E-state index >= 15 is 0 Å². The number of carboxylic acid groups (broad SMARTS) is 2. The maximum Gasteiger partial charge on any atom is 1.00 e. The van der Waals surface area contributed by atoms with Crippen LogP contribution < -0.4 is 43.9 Å². The summed E-state index contributed by atoms with van der Waals surface area (Å²) >= 11 is 12.5. The van der Waals surface area contributed by atoms with Gasteiger partial charge in [0.15, 0.2) is 65.9 Å². The van der Waals surface area contributed by atoms with E-state index in [1.807, 2.05) is 31.3 Å². The van der Waals surface area contributed by atoms with Crippen molar-refractivity contribution < 1.29 is 187 Å². The van der Waals surface area contributed by atoms with Crippen LogP contribution in [0.2, 0.25) is 19.6 Å². The Morgan fingerprint density at radius 3 is 1.14 bits per heavy atom. The Labute approximate surface area is 887 Å². The number of hydrogen-bond acceptors (Lipinski definition) is 29. The normalized spacial score (nSPS) is 11.3. The van der Waals surface area contributed by atoms with Crippen molar-refractivity contribution >= 4 is 155 Å². The van der Waals surface area contributed by atoms with Gasteiger partial charge in [-0.3, -0.25) is 88.5 Å². The van der Waals surface area contributed by atoms with E-state index in [1.165, 1.54) is 57.5 Å². The van der Waals surface area contributed by atoms with Crippen LogP contribution in [-0.4, -0.2) is 144 Å². The first-order valence-electron chi connectivity index (χ1n) is 39.0. The van der Waals surface area contributed by atoms with Crippen LogP contribution in [0.4, 0.5) is 133 Å². The number of pyridine rings is 5. The van der Waals surface area contributed by atoms with Gasteiger partial charge in [0, 0.05) is 112 Å². The van der Waals surface area contributed by atoms with E-state index in [0.29, 0.717) is 53.8 Å². The molecule has 0 saturated heterocycles. The fourth-order valence-electron chi connectivity index (χ4n) is 8.70. The van der Waals surface area contributed by atoms with Crippen molar-refractivity contribution in [2.24, 2.45) is 0 Å². The number of halogens is 24. The number of nitrogens with zero attached hydrogens (tertiary/aromatic N) is 13. The summed E-state index contributed by atoms with van der Waals surface area (Å²) in [6.07, 6.45) is -14.0. The number of nitriles is 4. The van der Waals surface area contributed by atoms with E-state index in [1.54, 1.807) is 11.1 Å². The second-order valence-electron chi connectivity index (χ2n) is 27.7. The van der Waals surface area contributed by atoms with Crippen LogP contribution in [-0.2, 0) is 74.6 Å². The first-order valence-corrected chi connectivity index (χ1v) is 50.9. The van der Waals surface area contributed by atoms with Crippen molar-refractivity contribution in [3.05, 3.63) is 307 Å². The minimum Gasteiger partial charge on any atom is -0.512 e. The second-order valence-corrected chi connectivity index (χ2v) is 56.0. The number of carbonyl (C=O) groups is 6. The molecule has 2 aliphatic carbocycles. The molecule has 150 heavy (non-hydrogen) atoms. The van der Waals surface area contributed by atoms with Crippen LogP contribution in [0.1, 0.15) is 127 Å². The van der Waals surface area contributed by atoms with Gasteiger partial charge in [0.1, 0.15) is 74.9 Å². The molecular formula is C81H74Br4CuF20FeN21O20PSi+. The number of aliphatic carboxylic acids is 1. The largest absolute Gasteiger partial charge is 1.00 e. The first kappa shape index (κ1) is 144. The van der Waals surface area contributed by atoms with Crippen molar-refractivity contribution in [3.8, 4) is 23.9 Å². The van der Waals surface area contributed by atoms with Gasteiger partial charge in [-0.2, -0.15) is 81.6 Å². The molecule has 4 aromatic carbocycles. The topological polar surface area (TPSA) is 682 Å². The third kappa shape index (κ3) is 57.6. The summed E-state index contributed by atoms with van der Waals surface area (Å²) in [5.74, 6) is -6.58. The van der Waals surface area contributed by atoms with Crippen LogP contribution in [0.3, 0.4) is 0 Å². The molecule has 0 unspecified atom stereocenters. The number of benzene rings is 4. The number of carboxylic acids is 2. The molecule has 818 valence electrons. The summed E-state index contributed by atoms with van der Waals surface area (Å²) in [5, 5.41) is 117. The van der Waals surface area contributed by atoms with Gasteiger partial charge in [-0.15, -0.1) is 0 Å². The van der Waals surface area contributed by atoms with Crippen LogP contribution in [0, 0.1) is 131 Å². The summed E-state index contributed by atoms with van der Waals surface area (Å²) in [5.41, 5.74) is -1.61. The van der Waals surface area contributed by atoms with Gasteiger partial charge < -0.3 is 64.7 Å². The van der Waals surface area contributed by atoms with Crippen LogP contribution >= 0.6 is 65.8 Å². The Morgan fingerprint density at radius 2 is 0.847 bits per heavy atom. The second kappa shape index (κ2) is 68.8. The number of H-pyrrole nitrogens is 2. The number of nitro groups is 5. The zero-order valence-electron chi connectivity index (χ0n) is 77.6. The maximum absolute atomic E-state index is 13.7. The number of ketones is 1. The third-order valence-electron chi connectivity index (χ3n) is 15.7. The summed E-state index contributed by atoms with van der Waals surface area (Å²) in [6.45, 7) is 13.9. The van der Waals surface area contributed by atoms with Crippen LogP contribution in [0.5, 0.6) is 0 Å². The number of alkyl halides is 16. The SMILES string of the molecule is CC(=O)O.CNC(=O)c1ccc(N)cc1F.CNC(=O)c1ccc(NC2(C#N)CCC2)cc1F.CNC(=O)c1ccc([N+](=O)[O-])cc1F.C[P+](Br)(Br)Br.C[Si](C)(C)C#N.N#Cc1ncc(N)cc1C(F)(F)F.N#Cc1ncc([N+](=O)[O-])cc1C(F)(F)F.O=C(O)c1ccc([N+](=O)[O-])cc1F.O=C1CCC1.O=[N+]([O-])c1cnc(Br)c(C(F)(F)F)c1.O=c1[nH]cc([N+](=O)[O-])cc1C(F)(F)F.O=c1[nH]cccc1C(F)(F)F.[2H]CF.[C-]#N.[Cu+].[Fe]. The molecule has 41 nitrogen and oxygen atoms in total. The van der Waals surface area contributed by atoms with Crippen LogP contribution in [0.15, 0.2) is 154 Å². The Bertz CT molecular complexity index is 6460. The van der Waals surface area contributed by atoms with Gasteiger partial charge >= 0.3 is 53.9 Å². The number of nitrogen functional groups attached to an aromatic ring is 2. The number of aromatic carboxylic acids is 1. The number of Topliss-reactive ketones (excluding diaryl/α,β-unsaturated/α-hetero) is 1. The van der Waals surface area contributed by atoms with Gasteiger partial charge in [0.2, 0.25) is 3.37 Å². The third-order valence-corrected chi connectivity index (χ3v) is 17.0. The number of hydrogen-bond donors (Lipinski definition) is 10. The molecule has 11 rings (SSSR count). The zero-order valence-corrected chi connectivity index (χ0v) is 86.9. The number of carbonyl (C=O) groups excluding carboxylic acids is 4. The molecule has 5 aromatic heterocycles. The standard InChI is InChI=1S/C13H14FN3O.C8H7FN2O3.C8H9FN2O.C7H2F3N3O2.C7H4F3N3.C7H4FNO4.C6H2BrF3N2O2.C6H3F3N2O3.C6H4F3NO.C4H9NSi.C4H6O.C2H4O2.CH3Br3P.CH3F.CN.Cu.Fe/c1-16-12(18)10-4-3-9(7-11(10)14)17-13(8-15)5-2-6-13;1-10-8(12)6-3-2-5(11(13)14)4-7(6)9;1-11-8(12)6-3-2-5(10)4-7(6)9;8-7(9,10)5-1-4(13(14)15)3-12-6(5)2-11;8-7(9,10)5-1-4(12)3-13-6(5)2-11;8-6-3-4(9(12)13)1-2-5(6)7(10)11;7-5-4(6(8,9)10)1-3(2-11-5)12(13)14;7-6(8,9)4-1-3(11(13)14)2-10-5(4)12;7-6(8,9)4-2-1-3-10-5(4)11;1-6(2,3)4-5;5-4-2-1-3-4;1-2(3)4;1-5(2,3)4;2*1-2;;/h3-4,7,17H,2,5-6H2,1H3,(H,16,18);2-4H,1H3,(H,10,12);2-4H,10H2,1H3,(H,11,12);1,3H;1,3H,12H2;1-3H,(H,10,11);1-2H;1-2H,(H,10,12);1-3H,(H,10,11);1-3H3;1-3H2;1H3,(H,3,4);1H3;1H3;;;/q;;;;;;;;;;;;+1;;-1;+1;/i;;;;;;;;;;;;;1D;;;. The summed E-state index contributed by atoms with van der Waals surface area (Å²) in [7, 11) is 1.92. The van der Waals surface area contributed by atoms with Crippen molar-refractivity contribution in [1.29, 1.82) is 26.3 Å². The van der Waals surface area contributed by atoms with Gasteiger partial charge in [-0.1, -0.05) is 19.6 Å².